The zero-order valence-corrected chi connectivity index (χ0v) is 11.8. The Morgan fingerprint density at radius 3 is 2.95 bits per heavy atom. The minimum atomic E-state index is 0.701. The van der Waals surface area contributed by atoms with Gasteiger partial charge in [-0.2, -0.15) is 0 Å². The predicted octanol–water partition coefficient (Wildman–Crippen LogP) is 3.22. The first kappa shape index (κ1) is 13.5. The molecule has 0 saturated carbocycles. The molecule has 2 rings (SSSR count). The van der Waals surface area contributed by atoms with Gasteiger partial charge < -0.3 is 14.6 Å². The topological polar surface area (TPSA) is 39.1 Å². The summed E-state index contributed by atoms with van der Waals surface area (Å²) in [5.74, 6) is 1.91. The summed E-state index contributed by atoms with van der Waals surface area (Å²) in [5.41, 5.74) is 2.19. The van der Waals surface area contributed by atoms with E-state index in [0.29, 0.717) is 6.54 Å². The molecule has 1 N–H and O–H groups in total. The molecule has 102 valence electrons. The highest BCUT2D eigenvalue weighted by Crippen LogP contribution is 2.25. The summed E-state index contributed by atoms with van der Waals surface area (Å²) in [6, 6.07) is 6.14. The zero-order valence-electron chi connectivity index (χ0n) is 11.8. The van der Waals surface area contributed by atoms with Crippen LogP contribution >= 0.6 is 0 Å². The lowest BCUT2D eigenvalue weighted by Crippen LogP contribution is -2.09. The normalized spacial score (nSPS) is 10.5. The number of imidazole rings is 1. The number of nitrogens with zero attached hydrogens (tertiary/aromatic N) is 2. The molecule has 2 aromatic rings. The maximum atomic E-state index is 5.38. The molecule has 0 unspecified atom stereocenters. The molecule has 0 fully saturated rings. The molecule has 0 bridgehead atoms. The van der Waals surface area contributed by atoms with Crippen molar-refractivity contribution in [2.75, 3.05) is 12.4 Å². The van der Waals surface area contributed by atoms with Crippen LogP contribution < -0.4 is 10.1 Å². The molecule has 0 aliphatic rings. The van der Waals surface area contributed by atoms with Crippen LogP contribution in [-0.2, 0) is 13.1 Å². The molecule has 1 aromatic carbocycles. The third kappa shape index (κ3) is 3.28. The molecule has 0 amide bonds. The summed E-state index contributed by atoms with van der Waals surface area (Å²) in [6.07, 6.45) is 4.98. The van der Waals surface area contributed by atoms with E-state index in [1.807, 2.05) is 24.5 Å². The average Bonchev–Trinajstić information content (AvgIpc) is 2.85. The van der Waals surface area contributed by atoms with E-state index in [4.69, 9.17) is 4.74 Å². The standard InChI is InChI=1S/C15H21N3O/c1-4-8-18-9-7-16-15(18)11-17-13-6-5-12(2)10-14(13)19-3/h5-7,9-10,17H,4,8,11H2,1-3H3. The molecule has 4 nitrogen and oxygen atoms in total. The Hall–Kier alpha value is -1.97. The number of rotatable bonds is 6. The monoisotopic (exact) mass is 259 g/mol. The van der Waals surface area contributed by atoms with E-state index in [0.717, 1.165) is 30.2 Å². The van der Waals surface area contributed by atoms with Crippen LogP contribution in [0.25, 0.3) is 0 Å². The van der Waals surface area contributed by atoms with Crippen LogP contribution in [0.5, 0.6) is 5.75 Å². The van der Waals surface area contributed by atoms with Gasteiger partial charge in [0.2, 0.25) is 0 Å². The summed E-state index contributed by atoms with van der Waals surface area (Å²) in [6.45, 7) is 5.93. The fraction of sp³-hybridized carbons (Fsp3) is 0.400. The zero-order chi connectivity index (χ0) is 13.7. The van der Waals surface area contributed by atoms with Gasteiger partial charge in [0.05, 0.1) is 19.3 Å². The maximum Gasteiger partial charge on any atom is 0.142 e. The van der Waals surface area contributed by atoms with Crippen LogP contribution in [0.1, 0.15) is 24.7 Å². The van der Waals surface area contributed by atoms with Gasteiger partial charge in [-0.25, -0.2) is 4.98 Å². The van der Waals surface area contributed by atoms with Crippen LogP contribution in [0.3, 0.4) is 0 Å². The first-order chi connectivity index (χ1) is 9.24. The summed E-state index contributed by atoms with van der Waals surface area (Å²) in [4.78, 5) is 4.38. The Bertz CT molecular complexity index is 534. The van der Waals surface area contributed by atoms with Gasteiger partial charge in [0.25, 0.3) is 0 Å². The highest BCUT2D eigenvalue weighted by atomic mass is 16.5. The first-order valence-corrected chi connectivity index (χ1v) is 6.63. The number of hydrogen-bond donors (Lipinski definition) is 1. The average molecular weight is 259 g/mol. The number of ether oxygens (including phenoxy) is 1. The Kier molecular flexibility index (Phi) is 4.44. The van der Waals surface area contributed by atoms with Gasteiger partial charge >= 0.3 is 0 Å². The minimum absolute atomic E-state index is 0.701. The van der Waals surface area contributed by atoms with E-state index in [1.54, 1.807) is 7.11 Å². The largest absolute Gasteiger partial charge is 0.495 e. The van der Waals surface area contributed by atoms with Gasteiger partial charge in [0.1, 0.15) is 11.6 Å². The number of hydrogen-bond acceptors (Lipinski definition) is 3. The van der Waals surface area contributed by atoms with Crippen LogP contribution in [-0.4, -0.2) is 16.7 Å². The molecular weight excluding hydrogens is 238 g/mol. The summed E-state index contributed by atoms with van der Waals surface area (Å²) in [7, 11) is 1.69. The van der Waals surface area contributed by atoms with Crippen molar-refractivity contribution in [1.82, 2.24) is 9.55 Å². The molecular formula is C15H21N3O. The highest BCUT2D eigenvalue weighted by Gasteiger charge is 2.05. The number of anilines is 1. The van der Waals surface area contributed by atoms with Crippen LogP contribution in [0, 0.1) is 6.92 Å². The van der Waals surface area contributed by atoms with Crippen molar-refractivity contribution in [2.24, 2.45) is 0 Å². The van der Waals surface area contributed by atoms with Crippen molar-refractivity contribution in [3.63, 3.8) is 0 Å². The third-order valence-electron chi connectivity index (χ3n) is 3.06. The maximum absolute atomic E-state index is 5.38. The molecule has 4 heteroatoms. The van der Waals surface area contributed by atoms with Gasteiger partial charge in [-0.05, 0) is 31.0 Å². The lowest BCUT2D eigenvalue weighted by atomic mass is 10.2. The van der Waals surface area contributed by atoms with Crippen LogP contribution in [0.2, 0.25) is 0 Å². The van der Waals surface area contributed by atoms with Gasteiger partial charge in [-0.15, -0.1) is 0 Å². The van der Waals surface area contributed by atoms with E-state index in [1.165, 1.54) is 5.56 Å². The quantitative estimate of drug-likeness (QED) is 0.865. The van der Waals surface area contributed by atoms with E-state index in [9.17, 15) is 0 Å². The summed E-state index contributed by atoms with van der Waals surface area (Å²) >= 11 is 0. The minimum Gasteiger partial charge on any atom is -0.495 e. The van der Waals surface area contributed by atoms with Crippen molar-refractivity contribution in [2.45, 2.75) is 33.4 Å². The van der Waals surface area contributed by atoms with E-state index >= 15 is 0 Å². The van der Waals surface area contributed by atoms with Crippen molar-refractivity contribution >= 4 is 5.69 Å². The van der Waals surface area contributed by atoms with Crippen LogP contribution in [0.15, 0.2) is 30.6 Å². The Labute approximate surface area is 114 Å². The second-order valence-corrected chi connectivity index (χ2v) is 4.59. The molecule has 0 aliphatic carbocycles. The Morgan fingerprint density at radius 2 is 2.21 bits per heavy atom. The third-order valence-corrected chi connectivity index (χ3v) is 3.06. The molecule has 1 heterocycles. The predicted molar refractivity (Wildman–Crippen MR) is 77.6 cm³/mol. The Morgan fingerprint density at radius 1 is 1.37 bits per heavy atom. The van der Waals surface area contributed by atoms with E-state index in [-0.39, 0.29) is 0 Å². The molecule has 0 atom stereocenters. The molecule has 0 saturated heterocycles. The van der Waals surface area contributed by atoms with Crippen molar-refractivity contribution in [3.8, 4) is 5.75 Å². The van der Waals surface area contributed by atoms with Gasteiger partial charge in [0.15, 0.2) is 0 Å². The molecule has 19 heavy (non-hydrogen) atoms. The first-order valence-electron chi connectivity index (χ1n) is 6.63. The van der Waals surface area contributed by atoms with Crippen LogP contribution in [0.4, 0.5) is 5.69 Å². The second kappa shape index (κ2) is 6.27. The Balaban J connectivity index is 2.07. The molecule has 0 radical (unpaired) electrons. The smallest absolute Gasteiger partial charge is 0.142 e. The molecule has 0 spiro atoms. The summed E-state index contributed by atoms with van der Waals surface area (Å²) in [5, 5.41) is 3.38. The number of aromatic nitrogens is 2. The number of benzene rings is 1. The SMILES string of the molecule is CCCn1ccnc1CNc1ccc(C)cc1OC. The second-order valence-electron chi connectivity index (χ2n) is 4.59. The van der Waals surface area contributed by atoms with Crippen molar-refractivity contribution < 1.29 is 4.74 Å². The van der Waals surface area contributed by atoms with E-state index in [2.05, 4.69) is 34.8 Å². The lowest BCUT2D eigenvalue weighted by molar-refractivity contribution is 0.416. The fourth-order valence-electron chi connectivity index (χ4n) is 2.07. The number of aryl methyl sites for hydroxylation is 2. The van der Waals surface area contributed by atoms with Gasteiger partial charge in [-0.1, -0.05) is 13.0 Å². The van der Waals surface area contributed by atoms with Crippen molar-refractivity contribution in [3.05, 3.63) is 42.0 Å². The van der Waals surface area contributed by atoms with E-state index < -0.39 is 0 Å². The van der Waals surface area contributed by atoms with Crippen molar-refractivity contribution in [1.29, 1.82) is 0 Å². The number of nitrogens with one attached hydrogen (secondary N) is 1. The summed E-state index contributed by atoms with van der Waals surface area (Å²) < 4.78 is 7.56. The lowest BCUT2D eigenvalue weighted by Gasteiger charge is -2.12. The molecule has 0 aliphatic heterocycles. The van der Waals surface area contributed by atoms with Gasteiger partial charge in [0, 0.05) is 18.9 Å². The molecule has 1 aromatic heterocycles. The number of methoxy groups -OCH3 is 1. The highest BCUT2D eigenvalue weighted by molar-refractivity contribution is 5.57. The van der Waals surface area contributed by atoms with Gasteiger partial charge in [-0.3, -0.25) is 0 Å². The fourth-order valence-corrected chi connectivity index (χ4v) is 2.07.